The summed E-state index contributed by atoms with van der Waals surface area (Å²) >= 11 is 1.58. The Morgan fingerprint density at radius 3 is 2.56 bits per heavy atom. The summed E-state index contributed by atoms with van der Waals surface area (Å²) in [6.45, 7) is 21.8. The van der Waals surface area contributed by atoms with Crippen LogP contribution in [0.15, 0.2) is 61.8 Å². The molecule has 1 saturated heterocycles. The number of benzene rings is 1. The van der Waals surface area contributed by atoms with Crippen molar-refractivity contribution in [1.82, 2.24) is 19.6 Å². The van der Waals surface area contributed by atoms with Gasteiger partial charge in [-0.05, 0) is 66.0 Å². The second kappa shape index (κ2) is 15.0. The fourth-order valence-corrected chi connectivity index (χ4v) is 6.75. The number of carbonyl (C=O) groups is 1. The molecule has 1 unspecified atom stereocenters. The normalized spacial score (nSPS) is 15.3. The quantitative estimate of drug-likeness (QED) is 0.101. The van der Waals surface area contributed by atoms with E-state index >= 15 is 0 Å². The van der Waals surface area contributed by atoms with Gasteiger partial charge in [0.05, 0.1) is 30.0 Å². The van der Waals surface area contributed by atoms with Gasteiger partial charge in [-0.2, -0.15) is 9.61 Å². The van der Waals surface area contributed by atoms with Crippen LogP contribution in [0.25, 0.3) is 16.3 Å². The summed E-state index contributed by atoms with van der Waals surface area (Å²) in [5.41, 5.74) is 2.86. The lowest BCUT2D eigenvalue weighted by Gasteiger charge is -2.41. The lowest BCUT2D eigenvalue weighted by Crippen LogP contribution is -2.45. The van der Waals surface area contributed by atoms with Gasteiger partial charge in [-0.25, -0.2) is 14.8 Å². The van der Waals surface area contributed by atoms with Crippen molar-refractivity contribution in [3.05, 3.63) is 83.5 Å². The molecule has 1 aliphatic rings. The largest absolute Gasteiger partial charge is 0.489 e. The van der Waals surface area contributed by atoms with Gasteiger partial charge in [-0.3, -0.25) is 0 Å². The summed E-state index contributed by atoms with van der Waals surface area (Å²) in [5, 5.41) is 5.86. The van der Waals surface area contributed by atoms with Crippen molar-refractivity contribution < 1.29 is 23.7 Å². The van der Waals surface area contributed by atoms with Gasteiger partial charge in [-0.15, -0.1) is 17.9 Å². The highest BCUT2D eigenvalue weighted by Gasteiger charge is 2.38. The molecule has 0 aliphatic carbocycles. The first-order valence-corrected chi connectivity index (χ1v) is 17.3. The van der Waals surface area contributed by atoms with Gasteiger partial charge >= 0.3 is 5.97 Å². The summed E-state index contributed by atoms with van der Waals surface area (Å²) in [4.78, 5) is 26.6. The standard InChI is InChI=1S/C37H47N5O5S/c1-9-20-45-29-15-13-12-14-26(29)22-27-24-38-33(48-27)28-23-30-39-25(4)31(32(35(43)44-11-3)47-36(5,6)7)34(42(30)40-28)41-18-16-37(8,17-19-41)46-21-10-2/h9-10,12-15,23-24,32H,1-2,11,16-22H2,3-8H3. The molecule has 4 heterocycles. The van der Waals surface area contributed by atoms with E-state index < -0.39 is 17.7 Å². The van der Waals surface area contributed by atoms with E-state index in [1.165, 1.54) is 0 Å². The summed E-state index contributed by atoms with van der Waals surface area (Å²) in [6.07, 6.45) is 6.67. The number of rotatable bonds is 14. The zero-order valence-electron chi connectivity index (χ0n) is 29.0. The molecule has 0 bridgehead atoms. The molecule has 10 nitrogen and oxygen atoms in total. The lowest BCUT2D eigenvalue weighted by molar-refractivity contribution is -0.166. The van der Waals surface area contributed by atoms with E-state index in [0.717, 1.165) is 39.9 Å². The molecule has 3 aromatic heterocycles. The Morgan fingerprint density at radius 1 is 1.15 bits per heavy atom. The third-order valence-electron chi connectivity index (χ3n) is 8.18. The third kappa shape index (κ3) is 8.14. The van der Waals surface area contributed by atoms with Crippen LogP contribution < -0.4 is 9.64 Å². The van der Waals surface area contributed by atoms with Gasteiger partial charge in [0.15, 0.2) is 11.8 Å². The molecule has 48 heavy (non-hydrogen) atoms. The smallest absolute Gasteiger partial charge is 0.340 e. The molecule has 4 aromatic rings. The Labute approximate surface area is 287 Å². The minimum atomic E-state index is -0.996. The maximum absolute atomic E-state index is 13.6. The number of aryl methyl sites for hydroxylation is 1. The Hall–Kier alpha value is -4.06. The van der Waals surface area contributed by atoms with Gasteiger partial charge < -0.3 is 23.8 Å². The average Bonchev–Trinajstić information content (AvgIpc) is 3.69. The van der Waals surface area contributed by atoms with E-state index in [0.29, 0.717) is 55.3 Å². The molecule has 0 radical (unpaired) electrons. The fourth-order valence-electron chi connectivity index (χ4n) is 5.86. The number of ether oxygens (including phenoxy) is 4. The minimum Gasteiger partial charge on any atom is -0.489 e. The number of piperidine rings is 1. The molecular weight excluding hydrogens is 627 g/mol. The summed E-state index contributed by atoms with van der Waals surface area (Å²) in [7, 11) is 0. The molecule has 1 atom stereocenters. The highest BCUT2D eigenvalue weighted by atomic mass is 32.1. The molecule has 0 N–H and O–H groups in total. The van der Waals surface area contributed by atoms with Crippen LogP contribution >= 0.6 is 11.3 Å². The number of nitrogens with zero attached hydrogens (tertiary/aromatic N) is 5. The summed E-state index contributed by atoms with van der Waals surface area (Å²) in [6, 6.07) is 9.96. The Balaban J connectivity index is 1.57. The van der Waals surface area contributed by atoms with Crippen LogP contribution in [0.3, 0.4) is 0 Å². The zero-order valence-corrected chi connectivity index (χ0v) is 29.8. The van der Waals surface area contributed by atoms with E-state index in [-0.39, 0.29) is 12.2 Å². The molecule has 1 fully saturated rings. The number of thiazole rings is 1. The van der Waals surface area contributed by atoms with Crippen molar-refractivity contribution in [3.8, 4) is 16.5 Å². The lowest BCUT2D eigenvalue weighted by atomic mass is 9.92. The highest BCUT2D eigenvalue weighted by Crippen LogP contribution is 2.39. The number of esters is 1. The van der Waals surface area contributed by atoms with Gasteiger partial charge in [0.25, 0.3) is 0 Å². The number of anilines is 1. The number of aromatic nitrogens is 4. The number of hydrogen-bond donors (Lipinski definition) is 0. The third-order valence-corrected chi connectivity index (χ3v) is 9.20. The van der Waals surface area contributed by atoms with Gasteiger partial charge in [0.2, 0.25) is 0 Å². The molecule has 1 aromatic carbocycles. The van der Waals surface area contributed by atoms with Crippen molar-refractivity contribution >= 4 is 28.8 Å². The second-order valence-electron chi connectivity index (χ2n) is 13.1. The van der Waals surface area contributed by atoms with Crippen LogP contribution in [-0.2, 0) is 25.4 Å². The van der Waals surface area contributed by atoms with E-state index in [1.807, 2.05) is 62.7 Å². The van der Waals surface area contributed by atoms with E-state index in [2.05, 4.69) is 31.0 Å². The second-order valence-corrected chi connectivity index (χ2v) is 14.3. The Bertz CT molecular complexity index is 1750. The molecule has 1 aliphatic heterocycles. The number of hydrogen-bond acceptors (Lipinski definition) is 10. The van der Waals surface area contributed by atoms with Gasteiger partial charge in [0.1, 0.15) is 28.9 Å². The van der Waals surface area contributed by atoms with Crippen molar-refractivity contribution in [2.75, 3.05) is 37.8 Å². The van der Waals surface area contributed by atoms with Gasteiger partial charge in [0, 0.05) is 42.3 Å². The average molecular weight is 674 g/mol. The van der Waals surface area contributed by atoms with Crippen LogP contribution in [0.5, 0.6) is 5.75 Å². The first-order valence-electron chi connectivity index (χ1n) is 16.5. The summed E-state index contributed by atoms with van der Waals surface area (Å²) < 4.78 is 25.9. The van der Waals surface area contributed by atoms with Crippen LogP contribution in [0, 0.1) is 6.92 Å². The molecule has 5 rings (SSSR count). The first kappa shape index (κ1) is 35.3. The maximum atomic E-state index is 13.6. The Morgan fingerprint density at radius 2 is 1.88 bits per heavy atom. The summed E-state index contributed by atoms with van der Waals surface area (Å²) in [5.74, 6) is 1.14. The van der Waals surface area contributed by atoms with Crippen LogP contribution in [0.4, 0.5) is 5.82 Å². The van der Waals surface area contributed by atoms with E-state index in [1.54, 1.807) is 30.4 Å². The number of para-hydroxylation sites is 1. The van der Waals surface area contributed by atoms with Crippen LogP contribution in [0.2, 0.25) is 0 Å². The van der Waals surface area contributed by atoms with Crippen LogP contribution in [0.1, 0.15) is 75.3 Å². The first-order chi connectivity index (χ1) is 22.9. The monoisotopic (exact) mass is 673 g/mol. The van der Waals surface area contributed by atoms with E-state index in [9.17, 15) is 4.79 Å². The molecular formula is C37H47N5O5S. The van der Waals surface area contributed by atoms with Crippen molar-refractivity contribution in [2.45, 2.75) is 78.1 Å². The van der Waals surface area contributed by atoms with Crippen molar-refractivity contribution in [1.29, 1.82) is 0 Å². The SMILES string of the molecule is C=CCOc1ccccc1Cc1cnc(-c2cc3nc(C)c(C(OC(C)(C)C)C(=O)OCC)c(N4CCC(C)(OCC=C)CC4)n3n2)s1. The number of carbonyl (C=O) groups excluding carboxylic acids is 1. The zero-order chi connectivity index (χ0) is 34.5. The van der Waals surface area contributed by atoms with E-state index in [4.69, 9.17) is 34.0 Å². The maximum Gasteiger partial charge on any atom is 0.340 e. The predicted molar refractivity (Wildman–Crippen MR) is 190 cm³/mol. The van der Waals surface area contributed by atoms with Gasteiger partial charge in [-0.1, -0.05) is 36.9 Å². The molecule has 0 saturated carbocycles. The predicted octanol–water partition coefficient (Wildman–Crippen LogP) is 7.30. The van der Waals surface area contributed by atoms with Crippen molar-refractivity contribution in [3.63, 3.8) is 0 Å². The topological polar surface area (TPSA) is 100 Å². The Kier molecular flexibility index (Phi) is 11.0. The number of fused-ring (bicyclic) bond motifs is 1. The highest BCUT2D eigenvalue weighted by molar-refractivity contribution is 7.15. The molecule has 11 heteroatoms. The minimum absolute atomic E-state index is 0.235. The molecule has 256 valence electrons. The fraction of sp³-hybridized carbons (Fsp3) is 0.459. The molecule has 0 amide bonds. The van der Waals surface area contributed by atoms with Crippen LogP contribution in [-0.4, -0.2) is 69.7 Å². The molecule has 0 spiro atoms. The van der Waals surface area contributed by atoms with Crippen molar-refractivity contribution in [2.24, 2.45) is 0 Å².